The number of ether oxygens (including phenoxy) is 3. The smallest absolute Gasteiger partial charge is 0.307 e. The van der Waals surface area contributed by atoms with Crippen LogP contribution in [0.25, 0.3) is 11.3 Å². The second kappa shape index (κ2) is 10.2. The van der Waals surface area contributed by atoms with Crippen molar-refractivity contribution in [2.24, 2.45) is 0 Å². The molecule has 1 aliphatic rings. The number of methoxy groups -OCH3 is 1. The largest absolute Gasteiger partial charge is 0.496 e. The van der Waals surface area contributed by atoms with Crippen molar-refractivity contribution < 1.29 is 24.1 Å². The molecule has 8 heteroatoms. The van der Waals surface area contributed by atoms with Gasteiger partial charge in [-0.25, -0.2) is 9.97 Å². The van der Waals surface area contributed by atoms with Crippen LogP contribution >= 0.6 is 0 Å². The van der Waals surface area contributed by atoms with Gasteiger partial charge in [0.15, 0.2) is 11.5 Å². The van der Waals surface area contributed by atoms with Crippen molar-refractivity contribution in [1.29, 1.82) is 0 Å². The molecule has 33 heavy (non-hydrogen) atoms. The topological polar surface area (TPSA) is 103 Å². The van der Waals surface area contributed by atoms with Crippen molar-refractivity contribution in [3.05, 3.63) is 59.4 Å². The van der Waals surface area contributed by atoms with Gasteiger partial charge in [-0.2, -0.15) is 0 Å². The van der Waals surface area contributed by atoms with E-state index >= 15 is 0 Å². The molecule has 2 heterocycles. The van der Waals surface area contributed by atoms with Crippen LogP contribution in [-0.4, -0.2) is 47.9 Å². The molecule has 0 spiro atoms. The molecule has 0 bridgehead atoms. The molecule has 0 fully saturated rings. The predicted molar refractivity (Wildman–Crippen MR) is 124 cm³/mol. The Labute approximate surface area is 192 Å². The number of nitrogens with zero attached hydrogens (tertiary/aromatic N) is 2. The first-order chi connectivity index (χ1) is 16.1. The number of carboxylic acid groups (broad SMARTS) is 1. The lowest BCUT2D eigenvalue weighted by Gasteiger charge is -2.20. The summed E-state index contributed by atoms with van der Waals surface area (Å²) in [6.07, 6.45) is 3.01. The Balaban J connectivity index is 1.46. The molecule has 0 saturated heterocycles. The minimum Gasteiger partial charge on any atom is -0.496 e. The first-order valence-corrected chi connectivity index (χ1v) is 10.9. The van der Waals surface area contributed by atoms with Crippen LogP contribution in [0.1, 0.15) is 23.6 Å². The summed E-state index contributed by atoms with van der Waals surface area (Å²) in [7, 11) is 1.64. The zero-order chi connectivity index (χ0) is 23.2. The summed E-state index contributed by atoms with van der Waals surface area (Å²) in [6.45, 7) is 3.74. The van der Waals surface area contributed by atoms with Gasteiger partial charge in [0.1, 0.15) is 31.1 Å². The van der Waals surface area contributed by atoms with Gasteiger partial charge in [-0.3, -0.25) is 4.79 Å². The average Bonchev–Trinajstić information content (AvgIpc) is 2.83. The van der Waals surface area contributed by atoms with E-state index in [1.54, 1.807) is 7.11 Å². The van der Waals surface area contributed by atoms with Gasteiger partial charge in [0.2, 0.25) is 0 Å². The van der Waals surface area contributed by atoms with Crippen molar-refractivity contribution in [3.63, 3.8) is 0 Å². The lowest BCUT2D eigenvalue weighted by Crippen LogP contribution is -2.16. The Hall–Kier alpha value is -3.81. The molecule has 2 N–H and O–H groups in total. The van der Waals surface area contributed by atoms with Gasteiger partial charge < -0.3 is 24.6 Å². The Morgan fingerprint density at radius 3 is 2.58 bits per heavy atom. The molecule has 1 aliphatic heterocycles. The second-order valence-electron chi connectivity index (χ2n) is 7.68. The molecule has 1 aromatic heterocycles. The lowest BCUT2D eigenvalue weighted by atomic mass is 9.98. The number of hydrogen-bond donors (Lipinski definition) is 2. The number of fused-ring (bicyclic) bond motifs is 1. The summed E-state index contributed by atoms with van der Waals surface area (Å²) < 4.78 is 16.8. The monoisotopic (exact) mass is 449 g/mol. The normalized spacial score (nSPS) is 12.3. The quantitative estimate of drug-likeness (QED) is 0.509. The summed E-state index contributed by atoms with van der Waals surface area (Å²) in [5.74, 6) is 2.08. The highest BCUT2D eigenvalue weighted by molar-refractivity contribution is 5.72. The molecule has 2 aromatic carbocycles. The van der Waals surface area contributed by atoms with E-state index in [0.29, 0.717) is 37.7 Å². The number of aliphatic carboxylic acids is 1. The summed E-state index contributed by atoms with van der Waals surface area (Å²) in [5.41, 5.74) is 4.56. The van der Waals surface area contributed by atoms with E-state index in [9.17, 15) is 4.79 Å². The summed E-state index contributed by atoms with van der Waals surface area (Å²) in [6, 6.07) is 11.5. The molecular formula is C25H27N3O5. The Kier molecular flexibility index (Phi) is 6.92. The molecule has 0 aliphatic carbocycles. The van der Waals surface area contributed by atoms with Crippen molar-refractivity contribution >= 4 is 11.8 Å². The molecule has 8 nitrogen and oxygen atoms in total. The standard InChI is InChI=1S/C25H27N3O5/c1-3-16-10-18(5-4-17(16)12-25(29)30)20-13-24(28-15-27-20)26-7-6-19-11-22-23(14-21(19)31-2)33-9-8-32-22/h4-5,10-11,13-15H,3,6-9,12H2,1-2H3,(H,29,30)(H,26,27,28). The number of nitrogens with one attached hydrogen (secondary N) is 1. The number of aryl methyl sites for hydroxylation is 1. The zero-order valence-electron chi connectivity index (χ0n) is 18.8. The maximum atomic E-state index is 11.1. The third-order valence-electron chi connectivity index (χ3n) is 5.54. The molecule has 0 saturated carbocycles. The fourth-order valence-corrected chi connectivity index (χ4v) is 3.88. The third-order valence-corrected chi connectivity index (χ3v) is 5.54. The number of carbonyl (C=O) groups is 1. The first kappa shape index (κ1) is 22.4. The van der Waals surface area contributed by atoms with E-state index in [2.05, 4.69) is 15.3 Å². The van der Waals surface area contributed by atoms with E-state index in [-0.39, 0.29) is 6.42 Å². The highest BCUT2D eigenvalue weighted by Crippen LogP contribution is 2.37. The Morgan fingerprint density at radius 1 is 1.06 bits per heavy atom. The summed E-state index contributed by atoms with van der Waals surface area (Å²) >= 11 is 0. The van der Waals surface area contributed by atoms with Gasteiger partial charge >= 0.3 is 5.97 Å². The van der Waals surface area contributed by atoms with E-state index in [4.69, 9.17) is 19.3 Å². The van der Waals surface area contributed by atoms with E-state index in [1.165, 1.54) is 6.33 Å². The molecule has 3 aromatic rings. The van der Waals surface area contributed by atoms with Gasteiger partial charge in [-0.1, -0.05) is 19.1 Å². The molecular weight excluding hydrogens is 422 g/mol. The van der Waals surface area contributed by atoms with Gasteiger partial charge in [-0.15, -0.1) is 0 Å². The lowest BCUT2D eigenvalue weighted by molar-refractivity contribution is -0.136. The number of rotatable bonds is 9. The molecule has 0 radical (unpaired) electrons. The number of anilines is 1. The highest BCUT2D eigenvalue weighted by atomic mass is 16.6. The fraction of sp³-hybridized carbons (Fsp3) is 0.320. The van der Waals surface area contributed by atoms with E-state index in [0.717, 1.165) is 45.9 Å². The van der Waals surface area contributed by atoms with Gasteiger partial charge in [0.25, 0.3) is 0 Å². The molecule has 0 amide bonds. The van der Waals surface area contributed by atoms with Crippen molar-refractivity contribution in [2.45, 2.75) is 26.2 Å². The van der Waals surface area contributed by atoms with E-state index < -0.39 is 5.97 Å². The van der Waals surface area contributed by atoms with Gasteiger partial charge in [-0.05, 0) is 41.7 Å². The maximum Gasteiger partial charge on any atom is 0.307 e. The van der Waals surface area contributed by atoms with Gasteiger partial charge in [0, 0.05) is 24.2 Å². The fourth-order valence-electron chi connectivity index (χ4n) is 3.88. The van der Waals surface area contributed by atoms with Crippen LogP contribution in [0.4, 0.5) is 5.82 Å². The number of carboxylic acids is 1. The summed E-state index contributed by atoms with van der Waals surface area (Å²) in [5, 5.41) is 12.5. The Bertz CT molecular complexity index is 1150. The summed E-state index contributed by atoms with van der Waals surface area (Å²) in [4.78, 5) is 19.8. The van der Waals surface area contributed by atoms with Crippen LogP contribution in [0.2, 0.25) is 0 Å². The predicted octanol–water partition coefficient (Wildman–Crippen LogP) is 3.77. The first-order valence-electron chi connectivity index (χ1n) is 10.9. The number of aromatic nitrogens is 2. The van der Waals surface area contributed by atoms with Crippen LogP contribution in [0.5, 0.6) is 17.2 Å². The van der Waals surface area contributed by atoms with Crippen LogP contribution in [0.15, 0.2) is 42.7 Å². The molecule has 0 atom stereocenters. The average molecular weight is 450 g/mol. The SMILES string of the molecule is CCc1cc(-c2cc(NCCc3cc4c(cc3OC)OCCO4)ncn2)ccc1CC(=O)O. The molecule has 0 unspecified atom stereocenters. The van der Waals surface area contributed by atoms with Crippen molar-refractivity contribution in [2.75, 3.05) is 32.2 Å². The number of hydrogen-bond acceptors (Lipinski definition) is 7. The highest BCUT2D eigenvalue weighted by Gasteiger charge is 2.16. The van der Waals surface area contributed by atoms with Crippen molar-refractivity contribution in [3.8, 4) is 28.5 Å². The Morgan fingerprint density at radius 2 is 1.85 bits per heavy atom. The zero-order valence-corrected chi connectivity index (χ0v) is 18.8. The minimum absolute atomic E-state index is 0.0172. The third kappa shape index (κ3) is 5.34. The maximum absolute atomic E-state index is 11.1. The molecule has 4 rings (SSSR count). The van der Waals surface area contributed by atoms with Gasteiger partial charge in [0.05, 0.1) is 19.2 Å². The number of benzene rings is 2. The molecule has 172 valence electrons. The van der Waals surface area contributed by atoms with Crippen LogP contribution in [0, 0.1) is 0 Å². The second-order valence-corrected chi connectivity index (χ2v) is 7.68. The van der Waals surface area contributed by atoms with Crippen LogP contribution in [0.3, 0.4) is 0 Å². The van der Waals surface area contributed by atoms with Crippen LogP contribution in [-0.2, 0) is 24.1 Å². The van der Waals surface area contributed by atoms with Crippen LogP contribution < -0.4 is 19.5 Å². The van der Waals surface area contributed by atoms with Crippen molar-refractivity contribution in [1.82, 2.24) is 9.97 Å². The minimum atomic E-state index is -0.833. The van der Waals surface area contributed by atoms with E-state index in [1.807, 2.05) is 43.3 Å².